The van der Waals surface area contributed by atoms with Crippen molar-refractivity contribution in [1.82, 2.24) is 5.32 Å². The van der Waals surface area contributed by atoms with Crippen LogP contribution in [0.4, 0.5) is 5.69 Å². The number of anilines is 1. The van der Waals surface area contributed by atoms with Crippen LogP contribution in [0.1, 0.15) is 32.3 Å². The lowest BCUT2D eigenvalue weighted by Crippen LogP contribution is -2.39. The van der Waals surface area contributed by atoms with Gasteiger partial charge in [-0.05, 0) is 79.8 Å². The van der Waals surface area contributed by atoms with Crippen LogP contribution in [0.25, 0.3) is 0 Å². The summed E-state index contributed by atoms with van der Waals surface area (Å²) >= 11 is 3.62. The van der Waals surface area contributed by atoms with E-state index >= 15 is 0 Å². The first-order chi connectivity index (χ1) is 9.61. The van der Waals surface area contributed by atoms with E-state index in [1.165, 1.54) is 18.5 Å². The molecule has 108 valence electrons. The predicted molar refractivity (Wildman–Crippen MR) is 86.9 cm³/mol. The number of halogens is 1. The zero-order valence-corrected chi connectivity index (χ0v) is 13.8. The number of piperidine rings is 1. The third-order valence-electron chi connectivity index (χ3n) is 3.92. The van der Waals surface area contributed by atoms with Gasteiger partial charge in [-0.15, -0.1) is 0 Å². The Balaban J connectivity index is 2.17. The van der Waals surface area contributed by atoms with Gasteiger partial charge in [-0.25, -0.2) is 0 Å². The molecule has 0 amide bonds. The molecule has 1 aliphatic rings. The first kappa shape index (κ1) is 15.3. The molecule has 1 aromatic rings. The van der Waals surface area contributed by atoms with Crippen molar-refractivity contribution in [3.05, 3.63) is 28.2 Å². The molecule has 0 spiro atoms. The molecule has 1 aromatic carbocycles. The van der Waals surface area contributed by atoms with Crippen molar-refractivity contribution in [2.24, 2.45) is 5.92 Å². The molecule has 0 aromatic heterocycles. The fraction of sp³-hybridized carbons (Fsp3) is 0.562. The number of benzene rings is 1. The summed E-state index contributed by atoms with van der Waals surface area (Å²) in [5.41, 5.74) is 1.89. The molecule has 0 bridgehead atoms. The molecule has 1 aliphatic heterocycles. The van der Waals surface area contributed by atoms with E-state index in [2.05, 4.69) is 52.1 Å². The van der Waals surface area contributed by atoms with Gasteiger partial charge in [0.05, 0.1) is 17.3 Å². The number of nitriles is 1. The van der Waals surface area contributed by atoms with Gasteiger partial charge in [-0.2, -0.15) is 5.26 Å². The number of rotatable bonds is 4. The van der Waals surface area contributed by atoms with Gasteiger partial charge in [-0.3, -0.25) is 0 Å². The predicted octanol–water partition coefficient (Wildman–Crippen LogP) is 3.54. The van der Waals surface area contributed by atoms with Crippen LogP contribution in [-0.2, 0) is 0 Å². The second kappa shape index (κ2) is 7.10. The largest absolute Gasteiger partial charge is 0.368 e. The number of hydrogen-bond donors (Lipinski definition) is 1. The number of hydrogen-bond acceptors (Lipinski definition) is 3. The highest BCUT2D eigenvalue weighted by Crippen LogP contribution is 2.30. The quantitative estimate of drug-likeness (QED) is 0.914. The highest BCUT2D eigenvalue weighted by atomic mass is 79.9. The summed E-state index contributed by atoms with van der Waals surface area (Å²) in [6, 6.07) is 8.51. The van der Waals surface area contributed by atoms with E-state index in [-0.39, 0.29) is 0 Å². The number of nitrogens with one attached hydrogen (secondary N) is 1. The van der Waals surface area contributed by atoms with Crippen molar-refractivity contribution in [2.75, 3.05) is 24.5 Å². The lowest BCUT2D eigenvalue weighted by Gasteiger charge is -2.35. The maximum absolute atomic E-state index is 8.97. The van der Waals surface area contributed by atoms with Crippen LogP contribution in [0.2, 0.25) is 0 Å². The Kier molecular flexibility index (Phi) is 5.45. The van der Waals surface area contributed by atoms with Crippen molar-refractivity contribution < 1.29 is 0 Å². The van der Waals surface area contributed by atoms with Crippen LogP contribution in [-0.4, -0.2) is 25.7 Å². The second-order valence-electron chi connectivity index (χ2n) is 5.72. The molecule has 0 aliphatic carbocycles. The zero-order chi connectivity index (χ0) is 14.5. The summed E-state index contributed by atoms with van der Waals surface area (Å²) in [6.45, 7) is 7.80. The average Bonchev–Trinajstić information content (AvgIpc) is 2.46. The van der Waals surface area contributed by atoms with Gasteiger partial charge in [0, 0.05) is 17.1 Å². The van der Waals surface area contributed by atoms with Crippen LogP contribution in [0.3, 0.4) is 0 Å². The molecular weight excluding hydrogens is 314 g/mol. The molecule has 4 heteroatoms. The molecule has 1 N–H and O–H groups in total. The van der Waals surface area contributed by atoms with E-state index in [1.807, 2.05) is 12.1 Å². The fourth-order valence-electron chi connectivity index (χ4n) is 2.74. The van der Waals surface area contributed by atoms with Gasteiger partial charge in [0.1, 0.15) is 0 Å². The summed E-state index contributed by atoms with van der Waals surface area (Å²) in [5.74, 6) is 0.751. The van der Waals surface area contributed by atoms with Gasteiger partial charge in [0.2, 0.25) is 0 Å². The van der Waals surface area contributed by atoms with Crippen LogP contribution in [0, 0.1) is 17.2 Å². The Morgan fingerprint density at radius 3 is 2.65 bits per heavy atom. The van der Waals surface area contributed by atoms with E-state index < -0.39 is 0 Å². The first-order valence-corrected chi connectivity index (χ1v) is 8.08. The van der Waals surface area contributed by atoms with Crippen molar-refractivity contribution in [1.29, 1.82) is 5.26 Å². The lowest BCUT2D eigenvalue weighted by atomic mass is 9.96. The van der Waals surface area contributed by atoms with Crippen molar-refractivity contribution in [3.8, 4) is 6.07 Å². The minimum atomic E-state index is 0.453. The minimum absolute atomic E-state index is 0.453. The monoisotopic (exact) mass is 335 g/mol. The summed E-state index contributed by atoms with van der Waals surface area (Å²) < 4.78 is 1.01. The highest BCUT2D eigenvalue weighted by molar-refractivity contribution is 9.10. The van der Waals surface area contributed by atoms with E-state index in [1.54, 1.807) is 0 Å². The Morgan fingerprint density at radius 2 is 2.10 bits per heavy atom. The van der Waals surface area contributed by atoms with Crippen molar-refractivity contribution >= 4 is 21.6 Å². The Hall–Kier alpha value is -1.05. The molecule has 1 heterocycles. The fourth-order valence-corrected chi connectivity index (χ4v) is 3.35. The van der Waals surface area contributed by atoms with E-state index in [4.69, 9.17) is 5.26 Å². The van der Waals surface area contributed by atoms with Crippen LogP contribution >= 0.6 is 15.9 Å². The minimum Gasteiger partial charge on any atom is -0.368 e. The maximum atomic E-state index is 8.97. The zero-order valence-electron chi connectivity index (χ0n) is 12.2. The first-order valence-electron chi connectivity index (χ1n) is 7.29. The Labute approximate surface area is 130 Å². The van der Waals surface area contributed by atoms with E-state index in [0.717, 1.165) is 30.0 Å². The molecule has 2 rings (SSSR count). The van der Waals surface area contributed by atoms with Gasteiger partial charge in [0.25, 0.3) is 0 Å². The molecule has 0 radical (unpaired) electrons. The average molecular weight is 336 g/mol. The Bertz CT molecular complexity index is 487. The normalized spacial score (nSPS) is 16.1. The third-order valence-corrected chi connectivity index (χ3v) is 4.56. The molecule has 1 saturated heterocycles. The molecule has 20 heavy (non-hydrogen) atoms. The molecule has 0 atom stereocenters. The SMILES string of the molecule is CC(C)N(CC1CCNCC1)c1ccc(C#N)cc1Br. The molecule has 1 fully saturated rings. The maximum Gasteiger partial charge on any atom is 0.0992 e. The summed E-state index contributed by atoms with van der Waals surface area (Å²) in [5, 5.41) is 12.4. The molecule has 3 nitrogen and oxygen atoms in total. The number of nitrogens with zero attached hydrogens (tertiary/aromatic N) is 2. The van der Waals surface area contributed by atoms with E-state index in [0.29, 0.717) is 11.6 Å². The van der Waals surface area contributed by atoms with Gasteiger partial charge in [-0.1, -0.05) is 0 Å². The molecule has 0 unspecified atom stereocenters. The second-order valence-corrected chi connectivity index (χ2v) is 6.57. The van der Waals surface area contributed by atoms with Crippen LogP contribution < -0.4 is 10.2 Å². The summed E-state index contributed by atoms with van der Waals surface area (Å²) in [4.78, 5) is 2.45. The van der Waals surface area contributed by atoms with Crippen molar-refractivity contribution in [2.45, 2.75) is 32.7 Å². The van der Waals surface area contributed by atoms with Crippen LogP contribution in [0.5, 0.6) is 0 Å². The van der Waals surface area contributed by atoms with Gasteiger partial charge < -0.3 is 10.2 Å². The van der Waals surface area contributed by atoms with Crippen molar-refractivity contribution in [3.63, 3.8) is 0 Å². The summed E-state index contributed by atoms with van der Waals surface area (Å²) in [6.07, 6.45) is 2.49. The third kappa shape index (κ3) is 3.74. The highest BCUT2D eigenvalue weighted by Gasteiger charge is 2.20. The standard InChI is InChI=1S/C16H22BrN3/c1-12(2)20(11-13-5-7-19-8-6-13)16-4-3-14(10-18)9-15(16)17/h3-4,9,12-13,19H,5-8,11H2,1-2H3. The lowest BCUT2D eigenvalue weighted by molar-refractivity contribution is 0.367. The van der Waals surface area contributed by atoms with Crippen LogP contribution in [0.15, 0.2) is 22.7 Å². The Morgan fingerprint density at radius 1 is 1.40 bits per heavy atom. The van der Waals surface area contributed by atoms with E-state index in [9.17, 15) is 0 Å². The van der Waals surface area contributed by atoms with Gasteiger partial charge in [0.15, 0.2) is 0 Å². The molecular formula is C16H22BrN3. The topological polar surface area (TPSA) is 39.1 Å². The van der Waals surface area contributed by atoms with Gasteiger partial charge >= 0.3 is 0 Å². The molecule has 0 saturated carbocycles. The summed E-state index contributed by atoms with van der Waals surface area (Å²) in [7, 11) is 0. The smallest absolute Gasteiger partial charge is 0.0992 e.